The second-order valence-electron chi connectivity index (χ2n) is 4.23. The summed E-state index contributed by atoms with van der Waals surface area (Å²) in [5, 5.41) is 8.74. The van der Waals surface area contributed by atoms with Gasteiger partial charge in [0.2, 0.25) is 5.91 Å². The maximum atomic E-state index is 11.3. The van der Waals surface area contributed by atoms with E-state index in [-0.39, 0.29) is 18.5 Å². The molecular formula is C11H20N2O3. The molecule has 0 aromatic heterocycles. The van der Waals surface area contributed by atoms with E-state index in [4.69, 9.17) is 5.11 Å². The molecule has 0 aliphatic carbocycles. The van der Waals surface area contributed by atoms with Gasteiger partial charge in [0, 0.05) is 26.1 Å². The van der Waals surface area contributed by atoms with Gasteiger partial charge in [-0.2, -0.15) is 0 Å². The second-order valence-corrected chi connectivity index (χ2v) is 4.23. The molecule has 1 heterocycles. The fraction of sp³-hybridized carbons (Fsp3) is 0.818. The average Bonchev–Trinajstić information content (AvgIpc) is 2.64. The van der Waals surface area contributed by atoms with E-state index in [1.165, 1.54) is 0 Å². The highest BCUT2D eigenvalue weighted by molar-refractivity contribution is 5.74. The molecule has 0 bridgehead atoms. The average molecular weight is 228 g/mol. The fourth-order valence-corrected chi connectivity index (χ4v) is 2.23. The van der Waals surface area contributed by atoms with Crippen molar-refractivity contribution in [2.24, 2.45) is 0 Å². The molecule has 1 rings (SSSR count). The molecule has 1 aliphatic heterocycles. The van der Waals surface area contributed by atoms with E-state index in [9.17, 15) is 9.59 Å². The Kier molecular flexibility index (Phi) is 4.73. The van der Waals surface area contributed by atoms with Crippen molar-refractivity contribution in [1.82, 2.24) is 9.80 Å². The predicted molar refractivity (Wildman–Crippen MR) is 60.2 cm³/mol. The van der Waals surface area contributed by atoms with Crippen LogP contribution in [0.3, 0.4) is 0 Å². The largest absolute Gasteiger partial charge is 0.480 e. The van der Waals surface area contributed by atoms with E-state index >= 15 is 0 Å². The van der Waals surface area contributed by atoms with Gasteiger partial charge >= 0.3 is 5.97 Å². The third-order valence-electron chi connectivity index (χ3n) is 3.06. The number of carboxylic acid groups (broad SMARTS) is 1. The lowest BCUT2D eigenvalue weighted by Crippen LogP contribution is -2.43. The zero-order chi connectivity index (χ0) is 12.1. The topological polar surface area (TPSA) is 60.9 Å². The minimum Gasteiger partial charge on any atom is -0.480 e. The highest BCUT2D eigenvalue weighted by atomic mass is 16.4. The van der Waals surface area contributed by atoms with Crippen LogP contribution in [0.25, 0.3) is 0 Å². The zero-order valence-electron chi connectivity index (χ0n) is 9.98. The minimum absolute atomic E-state index is 0.0543. The van der Waals surface area contributed by atoms with Crippen LogP contribution in [-0.4, -0.2) is 59.0 Å². The Morgan fingerprint density at radius 3 is 2.69 bits per heavy atom. The van der Waals surface area contributed by atoms with Crippen molar-refractivity contribution in [3.8, 4) is 0 Å². The van der Waals surface area contributed by atoms with Crippen molar-refractivity contribution in [1.29, 1.82) is 0 Å². The number of hydrogen-bond donors (Lipinski definition) is 1. The first kappa shape index (κ1) is 13.0. The van der Waals surface area contributed by atoms with Crippen LogP contribution in [0.2, 0.25) is 0 Å². The first-order valence-corrected chi connectivity index (χ1v) is 5.76. The SMILES string of the molecule is CCN(CC(=O)O)CC1CCCN1C(C)=O. The van der Waals surface area contributed by atoms with Gasteiger partial charge in [-0.25, -0.2) is 0 Å². The van der Waals surface area contributed by atoms with Crippen LogP contribution in [-0.2, 0) is 9.59 Å². The van der Waals surface area contributed by atoms with E-state index in [0.29, 0.717) is 13.1 Å². The van der Waals surface area contributed by atoms with Crippen molar-refractivity contribution in [2.45, 2.75) is 32.7 Å². The summed E-state index contributed by atoms with van der Waals surface area (Å²) in [6.45, 7) is 5.75. The van der Waals surface area contributed by atoms with E-state index in [1.54, 1.807) is 6.92 Å². The Labute approximate surface area is 96.0 Å². The van der Waals surface area contributed by atoms with Crippen molar-refractivity contribution in [3.05, 3.63) is 0 Å². The molecule has 1 atom stereocenters. The molecule has 1 aliphatic rings. The second kappa shape index (κ2) is 5.84. The Balaban J connectivity index is 2.50. The first-order chi connectivity index (χ1) is 7.54. The molecule has 1 saturated heterocycles. The monoisotopic (exact) mass is 228 g/mol. The predicted octanol–water partition coefficient (Wildman–Crippen LogP) is 0.404. The summed E-state index contributed by atoms with van der Waals surface area (Å²) in [4.78, 5) is 25.7. The van der Waals surface area contributed by atoms with Gasteiger partial charge in [-0.05, 0) is 19.4 Å². The third kappa shape index (κ3) is 3.48. The summed E-state index contributed by atoms with van der Waals surface area (Å²) < 4.78 is 0. The van der Waals surface area contributed by atoms with Crippen LogP contribution in [0.4, 0.5) is 0 Å². The number of carbonyl (C=O) groups is 2. The standard InChI is InChI=1S/C11H20N2O3/c1-3-12(8-11(15)16)7-10-5-4-6-13(10)9(2)14/h10H,3-8H2,1-2H3,(H,15,16). The van der Waals surface area contributed by atoms with Crippen LogP contribution in [0.15, 0.2) is 0 Å². The summed E-state index contributed by atoms with van der Waals surface area (Å²) in [6.07, 6.45) is 2.00. The molecule has 1 amide bonds. The van der Waals surface area contributed by atoms with Gasteiger partial charge in [-0.3, -0.25) is 14.5 Å². The number of rotatable bonds is 5. The Hall–Kier alpha value is -1.10. The molecular weight excluding hydrogens is 208 g/mol. The molecule has 92 valence electrons. The van der Waals surface area contributed by atoms with Gasteiger partial charge in [-0.15, -0.1) is 0 Å². The number of carbonyl (C=O) groups excluding carboxylic acids is 1. The van der Waals surface area contributed by atoms with Gasteiger partial charge in [0.25, 0.3) is 0 Å². The maximum absolute atomic E-state index is 11.3. The molecule has 1 fully saturated rings. The zero-order valence-corrected chi connectivity index (χ0v) is 9.98. The number of carboxylic acids is 1. The first-order valence-electron chi connectivity index (χ1n) is 5.76. The van der Waals surface area contributed by atoms with Crippen LogP contribution >= 0.6 is 0 Å². The Bertz CT molecular complexity index is 268. The number of likely N-dealkylation sites (N-methyl/N-ethyl adjacent to an activating group) is 1. The number of aliphatic carboxylic acids is 1. The maximum Gasteiger partial charge on any atom is 0.317 e. The Morgan fingerprint density at radius 1 is 1.50 bits per heavy atom. The van der Waals surface area contributed by atoms with Crippen LogP contribution in [0.1, 0.15) is 26.7 Å². The number of nitrogens with zero attached hydrogens (tertiary/aromatic N) is 2. The molecule has 0 spiro atoms. The molecule has 5 heteroatoms. The lowest BCUT2D eigenvalue weighted by molar-refractivity contribution is -0.138. The molecule has 1 unspecified atom stereocenters. The van der Waals surface area contributed by atoms with Gasteiger partial charge in [-0.1, -0.05) is 6.92 Å². The van der Waals surface area contributed by atoms with E-state index < -0.39 is 5.97 Å². The van der Waals surface area contributed by atoms with Gasteiger partial charge in [0.15, 0.2) is 0 Å². The summed E-state index contributed by atoms with van der Waals surface area (Å²) in [5.74, 6) is -0.719. The molecule has 5 nitrogen and oxygen atoms in total. The lowest BCUT2D eigenvalue weighted by Gasteiger charge is -2.28. The Morgan fingerprint density at radius 2 is 2.19 bits per heavy atom. The third-order valence-corrected chi connectivity index (χ3v) is 3.06. The summed E-state index contributed by atoms with van der Waals surface area (Å²) >= 11 is 0. The number of amides is 1. The van der Waals surface area contributed by atoms with Gasteiger partial charge in [0.05, 0.1) is 6.54 Å². The lowest BCUT2D eigenvalue weighted by atomic mass is 10.2. The van der Waals surface area contributed by atoms with Crippen LogP contribution in [0, 0.1) is 0 Å². The summed E-state index contributed by atoms with van der Waals surface area (Å²) in [7, 11) is 0. The van der Waals surface area contributed by atoms with Gasteiger partial charge in [0.1, 0.15) is 0 Å². The molecule has 0 aromatic rings. The molecule has 16 heavy (non-hydrogen) atoms. The van der Waals surface area contributed by atoms with Crippen molar-refractivity contribution in [2.75, 3.05) is 26.2 Å². The van der Waals surface area contributed by atoms with Gasteiger partial charge < -0.3 is 10.0 Å². The number of hydrogen-bond acceptors (Lipinski definition) is 3. The van der Waals surface area contributed by atoms with E-state index in [1.807, 2.05) is 16.7 Å². The number of likely N-dealkylation sites (tertiary alicyclic amines) is 1. The normalized spacial score (nSPS) is 20.4. The van der Waals surface area contributed by atoms with E-state index in [0.717, 1.165) is 19.4 Å². The molecule has 0 saturated carbocycles. The van der Waals surface area contributed by atoms with Crippen LogP contribution < -0.4 is 0 Å². The van der Waals surface area contributed by atoms with E-state index in [2.05, 4.69) is 0 Å². The minimum atomic E-state index is -0.811. The quantitative estimate of drug-likeness (QED) is 0.740. The molecule has 0 radical (unpaired) electrons. The highest BCUT2D eigenvalue weighted by Crippen LogP contribution is 2.18. The highest BCUT2D eigenvalue weighted by Gasteiger charge is 2.28. The summed E-state index contributed by atoms with van der Waals surface area (Å²) in [6, 6.07) is 0.191. The van der Waals surface area contributed by atoms with Crippen molar-refractivity contribution < 1.29 is 14.7 Å². The summed E-state index contributed by atoms with van der Waals surface area (Å²) in [5.41, 5.74) is 0. The fourth-order valence-electron chi connectivity index (χ4n) is 2.23. The van der Waals surface area contributed by atoms with Crippen molar-refractivity contribution in [3.63, 3.8) is 0 Å². The molecule has 1 N–H and O–H groups in total. The smallest absolute Gasteiger partial charge is 0.317 e. The molecule has 0 aromatic carbocycles. The van der Waals surface area contributed by atoms with Crippen molar-refractivity contribution >= 4 is 11.9 Å². The van der Waals surface area contributed by atoms with Crippen LogP contribution in [0.5, 0.6) is 0 Å².